The van der Waals surface area contributed by atoms with E-state index in [1.54, 1.807) is 0 Å². The lowest BCUT2D eigenvalue weighted by Gasteiger charge is -2.30. The summed E-state index contributed by atoms with van der Waals surface area (Å²) in [5.74, 6) is 0.914. The number of unbranched alkanes of at least 4 members (excludes halogenated alkanes) is 1. The molecule has 0 atom stereocenters. The van der Waals surface area contributed by atoms with Crippen LogP contribution in [-0.4, -0.2) is 35.7 Å². The molecular formula is C27H39ClN4O3. The molecule has 7 nitrogen and oxygen atoms in total. The lowest BCUT2D eigenvalue weighted by Crippen LogP contribution is -2.36. The van der Waals surface area contributed by atoms with Crippen molar-refractivity contribution in [1.29, 1.82) is 0 Å². The first-order valence-electron chi connectivity index (χ1n) is 12.7. The van der Waals surface area contributed by atoms with Crippen LogP contribution in [0.5, 0.6) is 0 Å². The molecule has 8 heteroatoms. The van der Waals surface area contributed by atoms with E-state index in [2.05, 4.69) is 27.9 Å². The van der Waals surface area contributed by atoms with E-state index < -0.39 is 5.60 Å². The van der Waals surface area contributed by atoms with Crippen LogP contribution >= 0.6 is 11.6 Å². The number of rotatable bonds is 9. The van der Waals surface area contributed by atoms with Gasteiger partial charge in [-0.05, 0) is 70.8 Å². The molecule has 2 aromatic rings. The molecule has 0 unspecified atom stereocenters. The summed E-state index contributed by atoms with van der Waals surface area (Å²) < 4.78 is 5.34. The van der Waals surface area contributed by atoms with E-state index in [9.17, 15) is 9.59 Å². The predicted octanol–water partition coefficient (Wildman–Crippen LogP) is 6.76. The van der Waals surface area contributed by atoms with Gasteiger partial charge in [0.1, 0.15) is 11.3 Å². The van der Waals surface area contributed by atoms with Crippen LogP contribution in [0.1, 0.15) is 72.6 Å². The lowest BCUT2D eigenvalue weighted by molar-refractivity contribution is -0.116. The summed E-state index contributed by atoms with van der Waals surface area (Å²) in [5.41, 5.74) is 1.70. The van der Waals surface area contributed by atoms with Crippen LogP contribution in [0.2, 0.25) is 5.15 Å². The second-order valence-corrected chi connectivity index (χ2v) is 10.8. The van der Waals surface area contributed by atoms with Crippen molar-refractivity contribution in [3.8, 4) is 0 Å². The van der Waals surface area contributed by atoms with Crippen molar-refractivity contribution in [2.75, 3.05) is 23.7 Å². The Labute approximate surface area is 213 Å². The number of carbonyl (C=O) groups excluding carboxylic acids is 2. The fourth-order valence-electron chi connectivity index (χ4n) is 4.45. The summed E-state index contributed by atoms with van der Waals surface area (Å²) in [6.45, 7) is 9.10. The van der Waals surface area contributed by atoms with Crippen molar-refractivity contribution in [2.24, 2.45) is 11.8 Å². The molecule has 0 bridgehead atoms. The maximum Gasteiger partial charge on any atom is 0.407 e. The van der Waals surface area contributed by atoms with Gasteiger partial charge in [0.15, 0.2) is 5.15 Å². The third-order valence-corrected chi connectivity index (χ3v) is 6.61. The minimum absolute atomic E-state index is 0.0492. The van der Waals surface area contributed by atoms with Gasteiger partial charge in [0.2, 0.25) is 5.91 Å². The first-order valence-corrected chi connectivity index (χ1v) is 13.1. The molecule has 2 amide bonds. The minimum Gasteiger partial charge on any atom is -0.444 e. The number of halogens is 1. The number of hydrogen-bond acceptors (Lipinski definition) is 5. The normalized spacial score (nSPS) is 18.2. The highest BCUT2D eigenvalue weighted by atomic mass is 35.5. The van der Waals surface area contributed by atoms with Gasteiger partial charge in [0, 0.05) is 24.9 Å². The summed E-state index contributed by atoms with van der Waals surface area (Å²) in [5, 5.41) is 10.7. The molecule has 3 rings (SSSR count). The number of para-hydroxylation sites is 1. The van der Waals surface area contributed by atoms with Gasteiger partial charge in [0.25, 0.3) is 0 Å². The molecule has 0 spiro atoms. The predicted molar refractivity (Wildman–Crippen MR) is 143 cm³/mol. The zero-order chi connectivity index (χ0) is 25.4. The maximum atomic E-state index is 12.5. The number of anilines is 2. The third kappa shape index (κ3) is 8.27. The first-order chi connectivity index (χ1) is 16.7. The second-order valence-electron chi connectivity index (χ2n) is 10.5. The van der Waals surface area contributed by atoms with Crippen molar-refractivity contribution >= 4 is 45.9 Å². The van der Waals surface area contributed by atoms with E-state index in [1.165, 1.54) is 0 Å². The van der Waals surface area contributed by atoms with Crippen LogP contribution < -0.4 is 16.0 Å². The topological polar surface area (TPSA) is 92.4 Å². The summed E-state index contributed by atoms with van der Waals surface area (Å²) in [6.07, 6.45) is 6.15. The fourth-order valence-corrected chi connectivity index (χ4v) is 4.68. The molecule has 0 saturated heterocycles. The number of fused-ring (bicyclic) bond motifs is 1. The van der Waals surface area contributed by atoms with Crippen molar-refractivity contribution in [2.45, 2.75) is 78.2 Å². The summed E-state index contributed by atoms with van der Waals surface area (Å²) in [7, 11) is 0. The van der Waals surface area contributed by atoms with E-state index in [0.717, 1.165) is 61.7 Å². The summed E-state index contributed by atoms with van der Waals surface area (Å²) in [6, 6.07) is 7.83. The third-order valence-electron chi connectivity index (χ3n) is 6.34. The number of aromatic nitrogens is 1. The van der Waals surface area contributed by atoms with Crippen LogP contribution in [-0.2, 0) is 9.53 Å². The Morgan fingerprint density at radius 1 is 1.06 bits per heavy atom. The van der Waals surface area contributed by atoms with Gasteiger partial charge in [-0.15, -0.1) is 0 Å². The lowest BCUT2D eigenvalue weighted by atomic mass is 9.82. The largest absolute Gasteiger partial charge is 0.444 e. The number of hydrogen-bond donors (Lipinski definition) is 3. The van der Waals surface area contributed by atoms with Gasteiger partial charge in [-0.25, -0.2) is 9.78 Å². The van der Waals surface area contributed by atoms with Crippen LogP contribution in [0.4, 0.5) is 16.2 Å². The Hall–Kier alpha value is -2.54. The number of nitrogens with zero attached hydrogens (tertiary/aromatic N) is 1. The molecule has 1 heterocycles. The van der Waals surface area contributed by atoms with Crippen LogP contribution in [0.3, 0.4) is 0 Å². The highest BCUT2D eigenvalue weighted by Crippen LogP contribution is 2.37. The SMILES string of the molecule is CCCCC(=O)Nc1c(Cl)nc2ccccc2c1NCC1CCC(CNC(=O)OC(C)(C)C)CC1. The molecular weight excluding hydrogens is 464 g/mol. The van der Waals surface area contributed by atoms with E-state index in [4.69, 9.17) is 16.3 Å². The molecule has 1 saturated carbocycles. The molecule has 35 heavy (non-hydrogen) atoms. The number of pyridine rings is 1. The van der Waals surface area contributed by atoms with Gasteiger partial charge >= 0.3 is 6.09 Å². The van der Waals surface area contributed by atoms with Gasteiger partial charge in [0.05, 0.1) is 11.2 Å². The number of nitrogens with one attached hydrogen (secondary N) is 3. The van der Waals surface area contributed by atoms with Gasteiger partial charge in [-0.3, -0.25) is 4.79 Å². The molecule has 0 radical (unpaired) electrons. The molecule has 1 aliphatic rings. The molecule has 1 fully saturated rings. The van der Waals surface area contributed by atoms with Crippen molar-refractivity contribution in [3.63, 3.8) is 0 Å². The fraction of sp³-hybridized carbons (Fsp3) is 0.593. The van der Waals surface area contributed by atoms with E-state index in [-0.39, 0.29) is 12.0 Å². The second kappa shape index (κ2) is 12.4. The Morgan fingerprint density at radius 3 is 2.37 bits per heavy atom. The number of alkyl carbamates (subject to hydrolysis) is 1. The molecule has 3 N–H and O–H groups in total. The average molecular weight is 503 g/mol. The van der Waals surface area contributed by atoms with Crippen molar-refractivity contribution in [1.82, 2.24) is 10.3 Å². The Balaban J connectivity index is 1.60. The summed E-state index contributed by atoms with van der Waals surface area (Å²) >= 11 is 6.52. The van der Waals surface area contributed by atoms with Crippen LogP contribution in [0.25, 0.3) is 10.9 Å². The van der Waals surface area contributed by atoms with Gasteiger partial charge in [-0.1, -0.05) is 43.1 Å². The van der Waals surface area contributed by atoms with Crippen LogP contribution in [0.15, 0.2) is 24.3 Å². The monoisotopic (exact) mass is 502 g/mol. The zero-order valence-corrected chi connectivity index (χ0v) is 22.1. The van der Waals surface area contributed by atoms with Gasteiger partial charge in [-0.2, -0.15) is 0 Å². The Morgan fingerprint density at radius 2 is 1.71 bits per heavy atom. The number of ether oxygens (including phenoxy) is 1. The van der Waals surface area contributed by atoms with Crippen molar-refractivity contribution in [3.05, 3.63) is 29.4 Å². The maximum absolute atomic E-state index is 12.5. The Kier molecular flexibility index (Phi) is 9.61. The highest BCUT2D eigenvalue weighted by Gasteiger charge is 2.24. The quantitative estimate of drug-likeness (QED) is 0.329. The molecule has 1 aromatic heterocycles. The zero-order valence-electron chi connectivity index (χ0n) is 21.4. The minimum atomic E-state index is -0.484. The van der Waals surface area contributed by atoms with Crippen LogP contribution in [0, 0.1) is 11.8 Å². The molecule has 1 aromatic carbocycles. The van der Waals surface area contributed by atoms with Crippen molar-refractivity contribution < 1.29 is 14.3 Å². The molecule has 1 aliphatic carbocycles. The smallest absolute Gasteiger partial charge is 0.407 e. The number of amides is 2. The van der Waals surface area contributed by atoms with E-state index >= 15 is 0 Å². The average Bonchev–Trinajstić information content (AvgIpc) is 2.81. The molecule has 192 valence electrons. The van der Waals surface area contributed by atoms with E-state index in [1.807, 2.05) is 45.0 Å². The number of benzene rings is 1. The van der Waals surface area contributed by atoms with Gasteiger partial charge < -0.3 is 20.7 Å². The van der Waals surface area contributed by atoms with E-state index in [0.29, 0.717) is 35.6 Å². The first kappa shape index (κ1) is 27.1. The highest BCUT2D eigenvalue weighted by molar-refractivity contribution is 6.34. The standard InChI is InChI=1S/C27H39ClN4O3/c1-5-6-11-22(33)32-24-23(20-9-7-8-10-21(20)31-25(24)28)29-16-18-12-14-19(15-13-18)17-30-26(34)35-27(2,3)4/h7-10,18-19H,5-6,11-17H2,1-4H3,(H,29,31)(H,30,34)(H,32,33). The summed E-state index contributed by atoms with van der Waals surface area (Å²) in [4.78, 5) is 28.9. The number of carbonyl (C=O) groups is 2. The molecule has 0 aliphatic heterocycles. The Bertz CT molecular complexity index is 1010.